The average molecular weight is 306 g/mol. The van der Waals surface area contributed by atoms with Crippen LogP contribution in [0.25, 0.3) is 0 Å². The van der Waals surface area contributed by atoms with Crippen molar-refractivity contribution in [1.29, 1.82) is 0 Å². The van der Waals surface area contributed by atoms with Crippen molar-refractivity contribution < 1.29 is 38.5 Å². The van der Waals surface area contributed by atoms with Crippen LogP contribution in [0.1, 0.15) is 27.7 Å². The molecule has 0 N–H and O–H groups in total. The van der Waals surface area contributed by atoms with Gasteiger partial charge in [-0.25, -0.2) is 0 Å². The topological polar surface area (TPSA) is 112 Å². The number of rotatable bonds is 7. The SMILES string of the molecule is CC(=O)ON(CCN(OC(C)=O)OC(C)=O)OC(C)=O.[Li].[Li]. The number of carbonyl (C=O) groups is 4. The molecule has 0 aliphatic rings. The van der Waals surface area contributed by atoms with Crippen LogP contribution in [0.15, 0.2) is 0 Å². The van der Waals surface area contributed by atoms with Gasteiger partial charge in [-0.1, -0.05) is 0 Å². The van der Waals surface area contributed by atoms with Crippen molar-refractivity contribution in [2.45, 2.75) is 27.7 Å². The van der Waals surface area contributed by atoms with Gasteiger partial charge in [0, 0.05) is 75.9 Å². The molecule has 0 unspecified atom stereocenters. The van der Waals surface area contributed by atoms with E-state index in [0.29, 0.717) is 10.5 Å². The van der Waals surface area contributed by atoms with Crippen molar-refractivity contribution in [2.24, 2.45) is 0 Å². The van der Waals surface area contributed by atoms with Crippen molar-refractivity contribution >= 4 is 61.6 Å². The first-order valence-corrected chi connectivity index (χ1v) is 5.50. The molecule has 0 saturated carbocycles. The van der Waals surface area contributed by atoms with Crippen LogP contribution in [-0.4, -0.2) is 85.1 Å². The zero-order valence-corrected chi connectivity index (χ0v) is 13.6. The van der Waals surface area contributed by atoms with Gasteiger partial charge in [0.25, 0.3) is 0 Å². The van der Waals surface area contributed by atoms with Gasteiger partial charge < -0.3 is 19.4 Å². The van der Waals surface area contributed by atoms with Crippen LogP contribution in [0.2, 0.25) is 0 Å². The monoisotopic (exact) mass is 306 g/mol. The molecule has 22 heavy (non-hydrogen) atoms. The summed E-state index contributed by atoms with van der Waals surface area (Å²) in [5.74, 6) is -2.90. The molecular formula is C10H16Li2N2O8. The number of nitrogens with zero attached hydrogens (tertiary/aromatic N) is 2. The van der Waals surface area contributed by atoms with Crippen molar-refractivity contribution in [3.63, 3.8) is 0 Å². The molecule has 0 amide bonds. The summed E-state index contributed by atoms with van der Waals surface area (Å²) in [6, 6.07) is 0. The maximum absolute atomic E-state index is 10.8. The molecule has 10 nitrogen and oxygen atoms in total. The number of hydrogen-bond acceptors (Lipinski definition) is 10. The molecule has 0 heterocycles. The zero-order chi connectivity index (χ0) is 15.7. The van der Waals surface area contributed by atoms with Crippen LogP contribution in [-0.2, 0) is 38.5 Å². The van der Waals surface area contributed by atoms with Gasteiger partial charge in [-0.2, -0.15) is 0 Å². The van der Waals surface area contributed by atoms with Crippen LogP contribution in [0, 0.1) is 0 Å². The van der Waals surface area contributed by atoms with Gasteiger partial charge in [0.2, 0.25) is 0 Å². The third-order valence-corrected chi connectivity index (χ3v) is 1.39. The first-order valence-electron chi connectivity index (χ1n) is 5.50. The summed E-state index contributed by atoms with van der Waals surface area (Å²) in [5, 5.41) is 1.15. The Morgan fingerprint density at radius 2 is 0.773 bits per heavy atom. The minimum atomic E-state index is -0.724. The predicted octanol–water partition coefficient (Wildman–Crippen LogP) is -1.26. The molecule has 0 rings (SSSR count). The van der Waals surface area contributed by atoms with Crippen LogP contribution in [0.3, 0.4) is 0 Å². The van der Waals surface area contributed by atoms with Gasteiger partial charge in [0.05, 0.1) is 13.1 Å². The zero-order valence-electron chi connectivity index (χ0n) is 13.6. The second kappa shape index (κ2) is 13.6. The second-order valence-electron chi connectivity index (χ2n) is 3.44. The summed E-state index contributed by atoms with van der Waals surface area (Å²) in [7, 11) is 0. The maximum Gasteiger partial charge on any atom is 0.326 e. The molecule has 0 aromatic rings. The van der Waals surface area contributed by atoms with Gasteiger partial charge in [-0.3, -0.25) is 19.2 Å². The van der Waals surface area contributed by atoms with Crippen molar-refractivity contribution in [1.82, 2.24) is 10.5 Å². The van der Waals surface area contributed by atoms with Gasteiger partial charge in [0.1, 0.15) is 0 Å². The van der Waals surface area contributed by atoms with Crippen molar-refractivity contribution in [3.8, 4) is 0 Å². The minimum Gasteiger partial charge on any atom is -0.333 e. The maximum atomic E-state index is 10.8. The van der Waals surface area contributed by atoms with E-state index in [4.69, 9.17) is 0 Å². The third-order valence-electron chi connectivity index (χ3n) is 1.39. The van der Waals surface area contributed by atoms with Gasteiger partial charge in [0.15, 0.2) is 0 Å². The Bertz CT molecular complexity index is 325. The Morgan fingerprint density at radius 3 is 0.909 bits per heavy atom. The molecular weight excluding hydrogens is 290 g/mol. The number of carbonyl (C=O) groups excluding carboxylic acids is 4. The Kier molecular flexibility index (Phi) is 16.1. The van der Waals surface area contributed by atoms with E-state index in [2.05, 4.69) is 19.4 Å². The van der Waals surface area contributed by atoms with Crippen molar-refractivity contribution in [3.05, 3.63) is 0 Å². The number of hydrogen-bond donors (Lipinski definition) is 0. The molecule has 0 aliphatic carbocycles. The molecule has 12 heteroatoms. The molecule has 0 aromatic heterocycles. The fourth-order valence-corrected chi connectivity index (χ4v) is 0.957. The van der Waals surface area contributed by atoms with Gasteiger partial charge in [-0.05, 0) is 0 Å². The van der Waals surface area contributed by atoms with E-state index in [-0.39, 0.29) is 50.8 Å². The Hall–Kier alpha value is -1.01. The van der Waals surface area contributed by atoms with E-state index in [1.807, 2.05) is 0 Å². The van der Waals surface area contributed by atoms with Crippen molar-refractivity contribution in [2.75, 3.05) is 13.1 Å². The predicted molar refractivity (Wildman–Crippen MR) is 72.0 cm³/mol. The molecule has 0 aromatic carbocycles. The molecule has 116 valence electrons. The van der Waals surface area contributed by atoms with E-state index in [1.54, 1.807) is 0 Å². The second-order valence-corrected chi connectivity index (χ2v) is 3.44. The smallest absolute Gasteiger partial charge is 0.326 e. The summed E-state index contributed by atoms with van der Waals surface area (Å²) in [6.07, 6.45) is 0. The summed E-state index contributed by atoms with van der Waals surface area (Å²) in [5.41, 5.74) is 0. The molecule has 0 aliphatic heterocycles. The normalized spacial score (nSPS) is 9.18. The summed E-state index contributed by atoms with van der Waals surface area (Å²) < 4.78 is 0. The molecule has 2 radical (unpaired) electrons. The Balaban J connectivity index is -0.00000180. The first kappa shape index (κ1) is 25.9. The molecule has 0 fully saturated rings. The van der Waals surface area contributed by atoms with Crippen LogP contribution in [0.5, 0.6) is 0 Å². The fraction of sp³-hybridized carbons (Fsp3) is 0.600. The standard InChI is InChI=1S/C10H16N2O8.2Li/c1-7(13)17-11(18-8(2)14)5-6-12(19-9(3)15)20-10(4)16;;/h5-6H2,1-4H3;;. The number of hydroxylamine groups is 4. The van der Waals surface area contributed by atoms with Gasteiger partial charge >= 0.3 is 23.9 Å². The van der Waals surface area contributed by atoms with Crippen LogP contribution >= 0.6 is 0 Å². The van der Waals surface area contributed by atoms with Gasteiger partial charge in [-0.15, -0.1) is 0 Å². The van der Waals surface area contributed by atoms with E-state index in [0.717, 1.165) is 27.7 Å². The minimum absolute atomic E-state index is 0. The first-order chi connectivity index (χ1) is 9.20. The summed E-state index contributed by atoms with van der Waals surface area (Å²) in [6.45, 7) is 3.97. The van der Waals surface area contributed by atoms with E-state index in [1.165, 1.54) is 0 Å². The van der Waals surface area contributed by atoms with Crippen LogP contribution < -0.4 is 0 Å². The molecule has 0 spiro atoms. The quantitative estimate of drug-likeness (QED) is 0.417. The molecule has 0 bridgehead atoms. The third kappa shape index (κ3) is 15.4. The fourth-order valence-electron chi connectivity index (χ4n) is 0.957. The largest absolute Gasteiger partial charge is 0.333 e. The average Bonchev–Trinajstić information content (AvgIpc) is 2.22. The van der Waals surface area contributed by atoms with E-state index < -0.39 is 23.9 Å². The Morgan fingerprint density at radius 1 is 0.591 bits per heavy atom. The van der Waals surface area contributed by atoms with E-state index >= 15 is 0 Å². The Labute approximate surface area is 151 Å². The summed E-state index contributed by atoms with van der Waals surface area (Å²) in [4.78, 5) is 61.4. The summed E-state index contributed by atoms with van der Waals surface area (Å²) >= 11 is 0. The molecule has 0 saturated heterocycles. The van der Waals surface area contributed by atoms with E-state index in [9.17, 15) is 19.2 Å². The van der Waals surface area contributed by atoms with Crippen LogP contribution in [0.4, 0.5) is 0 Å². The molecule has 0 atom stereocenters.